The van der Waals surface area contributed by atoms with Crippen molar-refractivity contribution >= 4 is 35.4 Å². The number of H-pyrrole nitrogens is 1. The van der Waals surface area contributed by atoms with E-state index in [1.165, 1.54) is 11.9 Å². The van der Waals surface area contributed by atoms with Gasteiger partial charge in [-0.3, -0.25) is 5.10 Å². The Bertz CT molecular complexity index is 935. The van der Waals surface area contributed by atoms with Crippen LogP contribution in [0.3, 0.4) is 0 Å². The van der Waals surface area contributed by atoms with E-state index in [1.54, 1.807) is 0 Å². The number of nitrogens with zero attached hydrogens (tertiary/aromatic N) is 5. The highest BCUT2D eigenvalue weighted by molar-refractivity contribution is 6.30. The van der Waals surface area contributed by atoms with E-state index in [0.29, 0.717) is 17.7 Å². The molecule has 1 aromatic carbocycles. The molecule has 138 valence electrons. The fraction of sp³-hybridized carbons (Fsp3) is 0.263. The van der Waals surface area contributed by atoms with Crippen LogP contribution in [0.4, 0.5) is 17.7 Å². The summed E-state index contributed by atoms with van der Waals surface area (Å²) in [5.74, 6) is 1.80. The maximum atomic E-state index is 6.02. The lowest BCUT2D eigenvalue weighted by Gasteiger charge is -2.25. The Labute approximate surface area is 162 Å². The van der Waals surface area contributed by atoms with Gasteiger partial charge in [0, 0.05) is 17.6 Å². The second kappa shape index (κ2) is 7.75. The van der Waals surface area contributed by atoms with Gasteiger partial charge in [0.25, 0.3) is 0 Å². The third-order valence-electron chi connectivity index (χ3n) is 4.51. The van der Waals surface area contributed by atoms with Gasteiger partial charge < -0.3 is 10.2 Å². The first-order valence-electron chi connectivity index (χ1n) is 8.89. The highest BCUT2D eigenvalue weighted by Gasteiger charge is 2.28. The predicted molar refractivity (Wildman–Crippen MR) is 107 cm³/mol. The molecule has 8 heteroatoms. The summed E-state index contributed by atoms with van der Waals surface area (Å²) in [7, 11) is 0. The minimum Gasteiger partial charge on any atom is -0.334 e. The van der Waals surface area contributed by atoms with E-state index in [2.05, 4.69) is 47.5 Å². The van der Waals surface area contributed by atoms with Crippen molar-refractivity contribution in [2.45, 2.75) is 25.8 Å². The Balaban J connectivity index is 1.54. The van der Waals surface area contributed by atoms with Gasteiger partial charge in [0.15, 0.2) is 5.82 Å². The van der Waals surface area contributed by atoms with Crippen molar-refractivity contribution in [3.63, 3.8) is 0 Å². The number of anilines is 3. The van der Waals surface area contributed by atoms with Crippen molar-refractivity contribution in [2.75, 3.05) is 16.8 Å². The van der Waals surface area contributed by atoms with Gasteiger partial charge in [0.2, 0.25) is 11.9 Å². The molecule has 2 aromatic heterocycles. The Kier molecular flexibility index (Phi) is 5.02. The van der Waals surface area contributed by atoms with Crippen molar-refractivity contribution in [3.8, 4) is 0 Å². The zero-order valence-corrected chi connectivity index (χ0v) is 15.7. The Morgan fingerprint density at radius 1 is 1.26 bits per heavy atom. The quantitative estimate of drug-likeness (QED) is 0.683. The normalized spacial score (nSPS) is 17.0. The molecule has 1 aliphatic rings. The van der Waals surface area contributed by atoms with E-state index < -0.39 is 0 Å². The summed E-state index contributed by atoms with van der Waals surface area (Å²) in [6.07, 6.45) is 7.57. The molecular weight excluding hydrogens is 362 g/mol. The minimum atomic E-state index is 0.240. The Hall–Kier alpha value is -2.93. The van der Waals surface area contributed by atoms with Gasteiger partial charge in [-0.2, -0.15) is 10.1 Å². The molecular formula is C19H20ClN7. The molecule has 0 amide bonds. The molecule has 7 nitrogen and oxygen atoms in total. The maximum Gasteiger partial charge on any atom is 0.233 e. The van der Waals surface area contributed by atoms with Crippen LogP contribution < -0.4 is 10.2 Å². The SMILES string of the molecule is C/C=C/c1cc(Nc2ncnc(N3CCCC3c3ccc(Cl)cc3)n2)n[nH]1. The van der Waals surface area contributed by atoms with Gasteiger partial charge in [-0.25, -0.2) is 9.97 Å². The summed E-state index contributed by atoms with van der Waals surface area (Å²) in [4.78, 5) is 15.4. The zero-order chi connectivity index (χ0) is 18.6. The average Bonchev–Trinajstić information content (AvgIpc) is 3.33. The first-order valence-corrected chi connectivity index (χ1v) is 9.27. The molecule has 1 atom stereocenters. The number of benzene rings is 1. The third kappa shape index (κ3) is 3.93. The molecule has 0 aliphatic carbocycles. The molecule has 1 unspecified atom stereocenters. The molecule has 3 heterocycles. The summed E-state index contributed by atoms with van der Waals surface area (Å²) in [6, 6.07) is 10.1. The van der Waals surface area contributed by atoms with Crippen LogP contribution in [0.15, 0.2) is 42.7 Å². The first kappa shape index (κ1) is 17.5. The maximum absolute atomic E-state index is 6.02. The standard InChI is InChI=1S/C19H20ClN7/c1-2-4-15-11-17(26-25-15)23-18-21-12-22-19(24-18)27-10-3-5-16(27)13-6-8-14(20)9-7-13/h2,4,6-9,11-12,16H,3,5,10H2,1H3,(H2,21,22,23,24,25,26)/b4-2+. The highest BCUT2D eigenvalue weighted by atomic mass is 35.5. The smallest absolute Gasteiger partial charge is 0.233 e. The second-order valence-corrected chi connectivity index (χ2v) is 6.78. The molecule has 3 aromatic rings. The van der Waals surface area contributed by atoms with E-state index in [0.717, 1.165) is 30.1 Å². The Morgan fingerprint density at radius 3 is 2.93 bits per heavy atom. The van der Waals surface area contributed by atoms with Crippen LogP contribution in [0.25, 0.3) is 6.08 Å². The van der Waals surface area contributed by atoms with Gasteiger partial charge >= 0.3 is 0 Å². The van der Waals surface area contributed by atoms with Gasteiger partial charge in [-0.05, 0) is 43.5 Å². The predicted octanol–water partition coefficient (Wildman–Crippen LogP) is 4.37. The zero-order valence-electron chi connectivity index (χ0n) is 14.9. The fourth-order valence-electron chi connectivity index (χ4n) is 3.30. The number of nitrogens with one attached hydrogen (secondary N) is 2. The van der Waals surface area contributed by atoms with Crippen molar-refractivity contribution in [3.05, 3.63) is 59.0 Å². The van der Waals surface area contributed by atoms with Crippen LogP contribution in [0, 0.1) is 0 Å². The van der Waals surface area contributed by atoms with E-state index >= 15 is 0 Å². The summed E-state index contributed by atoms with van der Waals surface area (Å²) < 4.78 is 0. The number of hydrogen-bond acceptors (Lipinski definition) is 6. The van der Waals surface area contributed by atoms with Crippen LogP contribution in [-0.4, -0.2) is 31.7 Å². The minimum absolute atomic E-state index is 0.240. The molecule has 2 N–H and O–H groups in total. The van der Waals surface area contributed by atoms with E-state index in [9.17, 15) is 0 Å². The average molecular weight is 382 g/mol. The molecule has 0 radical (unpaired) electrons. The summed E-state index contributed by atoms with van der Waals surface area (Å²) in [5, 5.41) is 11.0. The highest BCUT2D eigenvalue weighted by Crippen LogP contribution is 2.35. The second-order valence-electron chi connectivity index (χ2n) is 6.35. The molecule has 0 saturated carbocycles. The van der Waals surface area contributed by atoms with Crippen molar-refractivity contribution in [1.82, 2.24) is 25.1 Å². The Morgan fingerprint density at radius 2 is 2.11 bits per heavy atom. The molecule has 1 aliphatic heterocycles. The van der Waals surface area contributed by atoms with Gasteiger partial charge in [-0.15, -0.1) is 0 Å². The molecule has 0 spiro atoms. The lowest BCUT2D eigenvalue weighted by atomic mass is 10.1. The van der Waals surface area contributed by atoms with Crippen LogP contribution in [0.2, 0.25) is 5.02 Å². The molecule has 1 saturated heterocycles. The van der Waals surface area contributed by atoms with Crippen LogP contribution >= 0.6 is 11.6 Å². The number of allylic oxidation sites excluding steroid dienone is 1. The number of rotatable bonds is 5. The molecule has 0 bridgehead atoms. The number of aromatic amines is 1. The summed E-state index contributed by atoms with van der Waals surface area (Å²) in [6.45, 7) is 2.87. The third-order valence-corrected chi connectivity index (χ3v) is 4.76. The van der Waals surface area contributed by atoms with Crippen molar-refractivity contribution < 1.29 is 0 Å². The molecule has 1 fully saturated rings. The fourth-order valence-corrected chi connectivity index (χ4v) is 3.43. The first-order chi connectivity index (χ1) is 13.2. The van der Waals surface area contributed by atoms with E-state index in [1.807, 2.05) is 37.3 Å². The van der Waals surface area contributed by atoms with E-state index in [4.69, 9.17) is 11.6 Å². The molecule has 27 heavy (non-hydrogen) atoms. The number of hydrogen-bond donors (Lipinski definition) is 2. The topological polar surface area (TPSA) is 82.6 Å². The monoisotopic (exact) mass is 381 g/mol. The van der Waals surface area contributed by atoms with Gasteiger partial charge in [-0.1, -0.05) is 29.8 Å². The number of aromatic nitrogens is 5. The van der Waals surface area contributed by atoms with E-state index in [-0.39, 0.29) is 6.04 Å². The largest absolute Gasteiger partial charge is 0.334 e. The van der Waals surface area contributed by atoms with Crippen molar-refractivity contribution in [1.29, 1.82) is 0 Å². The number of halogens is 1. The lowest BCUT2D eigenvalue weighted by molar-refractivity contribution is 0.700. The summed E-state index contributed by atoms with van der Waals surface area (Å²) in [5.41, 5.74) is 2.13. The van der Waals surface area contributed by atoms with Gasteiger partial charge in [0.05, 0.1) is 11.7 Å². The summed E-state index contributed by atoms with van der Waals surface area (Å²) >= 11 is 6.02. The van der Waals surface area contributed by atoms with Crippen molar-refractivity contribution in [2.24, 2.45) is 0 Å². The molecule has 4 rings (SSSR count). The lowest BCUT2D eigenvalue weighted by Crippen LogP contribution is -2.25. The van der Waals surface area contributed by atoms with Crippen LogP contribution in [-0.2, 0) is 0 Å². The van der Waals surface area contributed by atoms with Crippen LogP contribution in [0.1, 0.15) is 37.1 Å². The van der Waals surface area contributed by atoms with Crippen LogP contribution in [0.5, 0.6) is 0 Å². The van der Waals surface area contributed by atoms with Gasteiger partial charge in [0.1, 0.15) is 6.33 Å².